The van der Waals surface area contributed by atoms with Crippen molar-refractivity contribution in [2.24, 2.45) is 5.92 Å². The number of fused-ring (bicyclic) bond motifs is 1. The van der Waals surface area contributed by atoms with Crippen LogP contribution in [-0.4, -0.2) is 24.0 Å². The highest BCUT2D eigenvalue weighted by molar-refractivity contribution is 6.30. The third kappa shape index (κ3) is 2.89. The molecular weight excluding hydrogens is 242 g/mol. The van der Waals surface area contributed by atoms with Gasteiger partial charge in [-0.05, 0) is 62.3 Å². The Kier molecular flexibility index (Phi) is 3.91. The van der Waals surface area contributed by atoms with Gasteiger partial charge in [-0.25, -0.2) is 0 Å². The van der Waals surface area contributed by atoms with E-state index in [2.05, 4.69) is 17.0 Å². The Morgan fingerprint density at radius 1 is 1.06 bits per heavy atom. The van der Waals surface area contributed by atoms with Crippen molar-refractivity contribution in [3.8, 4) is 0 Å². The van der Waals surface area contributed by atoms with Gasteiger partial charge in [-0.3, -0.25) is 0 Å². The van der Waals surface area contributed by atoms with Gasteiger partial charge in [0.25, 0.3) is 0 Å². The van der Waals surface area contributed by atoms with Crippen LogP contribution < -0.4 is 0 Å². The molecule has 0 saturated carbocycles. The maximum absolute atomic E-state index is 5.94. The maximum atomic E-state index is 5.94. The number of piperidine rings is 2. The fourth-order valence-corrected chi connectivity index (χ4v) is 3.72. The fraction of sp³-hybridized carbons (Fsp3) is 0.625. The highest BCUT2D eigenvalue weighted by atomic mass is 35.5. The van der Waals surface area contributed by atoms with Gasteiger partial charge >= 0.3 is 0 Å². The van der Waals surface area contributed by atoms with Gasteiger partial charge in [0, 0.05) is 17.6 Å². The second-order valence-electron chi connectivity index (χ2n) is 5.92. The zero-order valence-corrected chi connectivity index (χ0v) is 11.7. The lowest BCUT2D eigenvalue weighted by molar-refractivity contribution is 0.0753. The van der Waals surface area contributed by atoms with E-state index in [0.29, 0.717) is 0 Å². The highest BCUT2D eigenvalue weighted by Crippen LogP contribution is 2.30. The van der Waals surface area contributed by atoms with Crippen molar-refractivity contribution in [2.75, 3.05) is 13.1 Å². The summed E-state index contributed by atoms with van der Waals surface area (Å²) in [7, 11) is 0. The lowest BCUT2D eigenvalue weighted by Crippen LogP contribution is -2.46. The quantitative estimate of drug-likeness (QED) is 0.775. The zero-order chi connectivity index (χ0) is 12.4. The summed E-state index contributed by atoms with van der Waals surface area (Å²) in [6.07, 6.45) is 8.34. The Labute approximate surface area is 115 Å². The first-order valence-electron chi connectivity index (χ1n) is 7.30. The van der Waals surface area contributed by atoms with Gasteiger partial charge in [0.05, 0.1) is 0 Å². The average Bonchev–Trinajstić information content (AvgIpc) is 2.41. The number of hydrogen-bond donors (Lipinski definition) is 0. The van der Waals surface area contributed by atoms with E-state index in [9.17, 15) is 0 Å². The van der Waals surface area contributed by atoms with Gasteiger partial charge in [-0.2, -0.15) is 0 Å². The van der Waals surface area contributed by atoms with E-state index in [0.717, 1.165) is 17.0 Å². The number of nitrogens with zero attached hydrogens (tertiary/aromatic N) is 1. The van der Waals surface area contributed by atoms with Crippen LogP contribution in [-0.2, 0) is 6.42 Å². The molecule has 0 radical (unpaired) electrons. The van der Waals surface area contributed by atoms with Crippen LogP contribution in [0.1, 0.15) is 37.7 Å². The van der Waals surface area contributed by atoms with Gasteiger partial charge in [-0.1, -0.05) is 30.2 Å². The molecule has 18 heavy (non-hydrogen) atoms. The molecule has 1 aromatic rings. The summed E-state index contributed by atoms with van der Waals surface area (Å²) in [4.78, 5) is 2.74. The van der Waals surface area contributed by atoms with E-state index in [1.807, 2.05) is 12.1 Å². The molecule has 0 bridgehead atoms. The van der Waals surface area contributed by atoms with E-state index in [4.69, 9.17) is 11.6 Å². The molecule has 2 atom stereocenters. The van der Waals surface area contributed by atoms with Gasteiger partial charge in [-0.15, -0.1) is 0 Å². The monoisotopic (exact) mass is 263 g/mol. The number of halogens is 1. The lowest BCUT2D eigenvalue weighted by Gasteiger charge is -2.42. The van der Waals surface area contributed by atoms with Gasteiger partial charge < -0.3 is 4.90 Å². The molecule has 2 aliphatic rings. The minimum atomic E-state index is 0.846. The van der Waals surface area contributed by atoms with Crippen molar-refractivity contribution in [1.82, 2.24) is 4.90 Å². The summed E-state index contributed by atoms with van der Waals surface area (Å²) in [5.41, 5.74) is 1.44. The van der Waals surface area contributed by atoms with E-state index < -0.39 is 0 Å². The fourth-order valence-electron chi connectivity index (χ4n) is 3.60. The predicted octanol–water partition coefficient (Wildman–Crippen LogP) is 4.15. The molecule has 0 N–H and O–H groups in total. The Balaban J connectivity index is 1.59. The molecule has 0 aliphatic carbocycles. The van der Waals surface area contributed by atoms with E-state index in [1.54, 1.807) is 0 Å². The first kappa shape index (κ1) is 12.5. The van der Waals surface area contributed by atoms with Crippen LogP contribution in [0.2, 0.25) is 5.02 Å². The van der Waals surface area contributed by atoms with E-state index >= 15 is 0 Å². The molecule has 98 valence electrons. The van der Waals surface area contributed by atoms with Gasteiger partial charge in [0.1, 0.15) is 0 Å². The Bertz CT molecular complexity index is 387. The van der Waals surface area contributed by atoms with E-state index in [1.165, 1.54) is 57.2 Å². The Morgan fingerprint density at radius 2 is 1.89 bits per heavy atom. The van der Waals surface area contributed by atoms with Crippen LogP contribution in [0, 0.1) is 5.92 Å². The van der Waals surface area contributed by atoms with Crippen molar-refractivity contribution in [2.45, 2.75) is 44.6 Å². The molecule has 2 heterocycles. The molecule has 3 rings (SSSR count). The van der Waals surface area contributed by atoms with Crippen LogP contribution in [0.3, 0.4) is 0 Å². The molecule has 2 aliphatic heterocycles. The average molecular weight is 264 g/mol. The van der Waals surface area contributed by atoms with Crippen molar-refractivity contribution >= 4 is 11.6 Å². The van der Waals surface area contributed by atoms with Crippen molar-refractivity contribution in [1.29, 1.82) is 0 Å². The van der Waals surface area contributed by atoms with Gasteiger partial charge in [0.15, 0.2) is 0 Å². The molecule has 0 aromatic heterocycles. The second-order valence-corrected chi connectivity index (χ2v) is 6.35. The molecule has 1 nitrogen and oxygen atoms in total. The van der Waals surface area contributed by atoms with E-state index in [-0.39, 0.29) is 0 Å². The number of rotatable bonds is 2. The molecule has 0 amide bonds. The molecule has 0 unspecified atom stereocenters. The molecule has 2 heteroatoms. The molecule has 0 spiro atoms. The van der Waals surface area contributed by atoms with Crippen LogP contribution in [0.5, 0.6) is 0 Å². The third-order valence-corrected chi connectivity index (χ3v) is 4.84. The SMILES string of the molecule is Clc1ccc(C[C@H]2CC[C@H]3CCCCN3C2)cc1. The van der Waals surface area contributed by atoms with Crippen molar-refractivity contribution in [3.63, 3.8) is 0 Å². The van der Waals surface area contributed by atoms with Gasteiger partial charge in [0.2, 0.25) is 0 Å². The smallest absolute Gasteiger partial charge is 0.0406 e. The lowest BCUT2D eigenvalue weighted by atomic mass is 9.84. The first-order chi connectivity index (χ1) is 8.81. The minimum absolute atomic E-state index is 0.846. The van der Waals surface area contributed by atoms with Crippen LogP contribution >= 0.6 is 11.6 Å². The molecule has 2 saturated heterocycles. The minimum Gasteiger partial charge on any atom is -0.300 e. The summed E-state index contributed by atoms with van der Waals surface area (Å²) in [5, 5.41) is 0.846. The molecule has 1 aromatic carbocycles. The number of hydrogen-bond acceptors (Lipinski definition) is 1. The van der Waals surface area contributed by atoms with Crippen LogP contribution in [0.25, 0.3) is 0 Å². The summed E-state index contributed by atoms with van der Waals surface area (Å²) >= 11 is 5.94. The van der Waals surface area contributed by atoms with Crippen molar-refractivity contribution < 1.29 is 0 Å². The first-order valence-corrected chi connectivity index (χ1v) is 7.67. The van der Waals surface area contributed by atoms with Crippen LogP contribution in [0.15, 0.2) is 24.3 Å². The molecule has 2 fully saturated rings. The summed E-state index contributed by atoms with van der Waals surface area (Å²) < 4.78 is 0. The normalized spacial score (nSPS) is 28.9. The standard InChI is InChI=1S/C16H22ClN/c17-15-7-4-13(5-8-15)11-14-6-9-16-3-1-2-10-18(16)12-14/h4-5,7-8,14,16H,1-3,6,9-12H2/t14-,16-/m1/s1. The van der Waals surface area contributed by atoms with Crippen LogP contribution in [0.4, 0.5) is 0 Å². The highest BCUT2D eigenvalue weighted by Gasteiger charge is 2.29. The Hall–Kier alpha value is -0.530. The summed E-state index contributed by atoms with van der Waals surface area (Å²) in [6, 6.07) is 9.31. The largest absolute Gasteiger partial charge is 0.300 e. The zero-order valence-electron chi connectivity index (χ0n) is 10.9. The number of benzene rings is 1. The second kappa shape index (κ2) is 5.63. The molecular formula is C16H22ClN. The predicted molar refractivity (Wildman–Crippen MR) is 77.1 cm³/mol. The maximum Gasteiger partial charge on any atom is 0.0406 e. The third-order valence-electron chi connectivity index (χ3n) is 4.59. The topological polar surface area (TPSA) is 3.24 Å². The Morgan fingerprint density at radius 3 is 2.72 bits per heavy atom. The summed E-state index contributed by atoms with van der Waals surface area (Å²) in [5.74, 6) is 0.848. The van der Waals surface area contributed by atoms with Crippen molar-refractivity contribution in [3.05, 3.63) is 34.9 Å². The summed E-state index contributed by atoms with van der Waals surface area (Å²) in [6.45, 7) is 2.65.